The van der Waals surface area contributed by atoms with Gasteiger partial charge in [-0.3, -0.25) is 0 Å². The van der Waals surface area contributed by atoms with Crippen molar-refractivity contribution in [2.45, 2.75) is 33.4 Å². The number of ether oxygens (including phenoxy) is 1. The molecule has 1 aromatic heterocycles. The summed E-state index contributed by atoms with van der Waals surface area (Å²) in [6.45, 7) is 7.02. The van der Waals surface area contributed by atoms with E-state index < -0.39 is 0 Å². The summed E-state index contributed by atoms with van der Waals surface area (Å²) in [5.74, 6) is 0.928. The zero-order chi connectivity index (χ0) is 13.8. The molecule has 2 rings (SSSR count). The van der Waals surface area contributed by atoms with Gasteiger partial charge in [0.15, 0.2) is 0 Å². The van der Waals surface area contributed by atoms with Gasteiger partial charge in [-0.2, -0.15) is 0 Å². The molecule has 1 heterocycles. The fraction of sp³-hybridized carbons (Fsp3) is 0.333. The van der Waals surface area contributed by atoms with Crippen LogP contribution in [0, 0.1) is 6.92 Å². The van der Waals surface area contributed by atoms with Gasteiger partial charge < -0.3 is 10.1 Å². The van der Waals surface area contributed by atoms with Crippen LogP contribution in [0.5, 0.6) is 5.75 Å². The summed E-state index contributed by atoms with van der Waals surface area (Å²) in [6.07, 6.45) is 0.210. The van der Waals surface area contributed by atoms with Crippen molar-refractivity contribution >= 4 is 33.0 Å². The highest BCUT2D eigenvalue weighted by atomic mass is 79.9. The highest BCUT2D eigenvalue weighted by Crippen LogP contribution is 2.25. The van der Waals surface area contributed by atoms with Gasteiger partial charge >= 0.3 is 0 Å². The predicted octanol–water partition coefficient (Wildman–Crippen LogP) is 5.22. The second kappa shape index (κ2) is 6.44. The third kappa shape index (κ3) is 4.25. The van der Waals surface area contributed by atoms with Crippen molar-refractivity contribution in [2.24, 2.45) is 0 Å². The van der Waals surface area contributed by atoms with Crippen molar-refractivity contribution in [2.75, 3.05) is 5.32 Å². The van der Waals surface area contributed by atoms with Crippen molar-refractivity contribution in [1.82, 2.24) is 0 Å². The molecule has 2 aromatic rings. The second-order valence-corrected chi connectivity index (χ2v) is 7.25. The van der Waals surface area contributed by atoms with Crippen molar-refractivity contribution in [1.29, 1.82) is 0 Å². The number of anilines is 1. The zero-order valence-corrected chi connectivity index (χ0v) is 13.8. The normalized spacial score (nSPS) is 10.8. The predicted molar refractivity (Wildman–Crippen MR) is 86.3 cm³/mol. The largest absolute Gasteiger partial charge is 0.491 e. The second-order valence-electron chi connectivity index (χ2n) is 4.70. The monoisotopic (exact) mass is 339 g/mol. The van der Waals surface area contributed by atoms with Crippen LogP contribution in [0.25, 0.3) is 0 Å². The molecule has 0 aliphatic heterocycles. The number of benzene rings is 1. The van der Waals surface area contributed by atoms with E-state index in [1.54, 1.807) is 11.3 Å². The summed E-state index contributed by atoms with van der Waals surface area (Å²) in [6, 6.07) is 10.4. The molecule has 4 heteroatoms. The van der Waals surface area contributed by atoms with Crippen LogP contribution in [0.2, 0.25) is 0 Å². The molecule has 1 N–H and O–H groups in total. The Morgan fingerprint density at radius 2 is 2.05 bits per heavy atom. The summed E-state index contributed by atoms with van der Waals surface area (Å²) >= 11 is 5.23. The van der Waals surface area contributed by atoms with Gasteiger partial charge in [0, 0.05) is 17.1 Å². The van der Waals surface area contributed by atoms with Gasteiger partial charge in [0.25, 0.3) is 0 Å². The van der Waals surface area contributed by atoms with Gasteiger partial charge in [-0.1, -0.05) is 0 Å². The van der Waals surface area contributed by atoms with E-state index in [9.17, 15) is 0 Å². The van der Waals surface area contributed by atoms with Crippen LogP contribution in [-0.4, -0.2) is 6.10 Å². The van der Waals surface area contributed by atoms with E-state index in [1.807, 2.05) is 19.9 Å². The average Bonchev–Trinajstić information content (AvgIpc) is 2.73. The topological polar surface area (TPSA) is 21.3 Å². The Morgan fingerprint density at radius 3 is 2.63 bits per heavy atom. The van der Waals surface area contributed by atoms with Gasteiger partial charge in [-0.25, -0.2) is 0 Å². The maximum Gasteiger partial charge on any atom is 0.120 e. The van der Waals surface area contributed by atoms with Crippen LogP contribution < -0.4 is 10.1 Å². The van der Waals surface area contributed by atoms with Crippen LogP contribution in [0.4, 0.5) is 5.69 Å². The fourth-order valence-electron chi connectivity index (χ4n) is 1.81. The number of thiophene rings is 1. The quantitative estimate of drug-likeness (QED) is 0.806. The molecule has 0 amide bonds. The first-order valence-electron chi connectivity index (χ1n) is 6.30. The van der Waals surface area contributed by atoms with Crippen molar-refractivity contribution in [3.63, 3.8) is 0 Å². The Labute approximate surface area is 126 Å². The molecule has 0 saturated carbocycles. The van der Waals surface area contributed by atoms with Crippen molar-refractivity contribution < 1.29 is 4.74 Å². The number of nitrogens with one attached hydrogen (secondary N) is 1. The van der Waals surface area contributed by atoms with Crippen LogP contribution in [0.3, 0.4) is 0 Å². The van der Waals surface area contributed by atoms with Gasteiger partial charge in [-0.05, 0) is 72.6 Å². The van der Waals surface area contributed by atoms with E-state index in [0.29, 0.717) is 0 Å². The molecule has 0 aliphatic carbocycles. The van der Waals surface area contributed by atoms with Crippen LogP contribution >= 0.6 is 27.3 Å². The minimum absolute atomic E-state index is 0.210. The lowest BCUT2D eigenvalue weighted by Crippen LogP contribution is -2.06. The first-order valence-corrected chi connectivity index (χ1v) is 7.91. The lowest BCUT2D eigenvalue weighted by molar-refractivity contribution is 0.242. The molecule has 0 saturated heterocycles. The van der Waals surface area contributed by atoms with E-state index in [0.717, 1.165) is 18.0 Å². The summed E-state index contributed by atoms with van der Waals surface area (Å²) < 4.78 is 6.85. The van der Waals surface area contributed by atoms with Crippen molar-refractivity contribution in [3.05, 3.63) is 44.6 Å². The smallest absolute Gasteiger partial charge is 0.120 e. The Bertz CT molecular complexity index is 551. The van der Waals surface area contributed by atoms with Gasteiger partial charge in [0.05, 0.1) is 9.89 Å². The number of hydrogen-bond acceptors (Lipinski definition) is 3. The number of aryl methyl sites for hydroxylation is 1. The lowest BCUT2D eigenvalue weighted by atomic mass is 10.2. The van der Waals surface area contributed by atoms with E-state index in [1.165, 1.54) is 14.2 Å². The van der Waals surface area contributed by atoms with E-state index >= 15 is 0 Å². The maximum absolute atomic E-state index is 5.68. The molecule has 0 aliphatic rings. The van der Waals surface area contributed by atoms with Gasteiger partial charge in [-0.15, -0.1) is 11.3 Å². The van der Waals surface area contributed by atoms with E-state index in [-0.39, 0.29) is 6.10 Å². The van der Waals surface area contributed by atoms with Gasteiger partial charge in [0.1, 0.15) is 5.75 Å². The van der Waals surface area contributed by atoms with E-state index in [4.69, 9.17) is 4.74 Å². The minimum atomic E-state index is 0.210. The molecule has 2 nitrogen and oxygen atoms in total. The first kappa shape index (κ1) is 14.4. The van der Waals surface area contributed by atoms with Crippen LogP contribution in [-0.2, 0) is 6.54 Å². The molecule has 0 atom stereocenters. The average molecular weight is 340 g/mol. The van der Waals surface area contributed by atoms with E-state index in [2.05, 4.69) is 52.4 Å². The van der Waals surface area contributed by atoms with Crippen LogP contribution in [0.1, 0.15) is 24.3 Å². The Morgan fingerprint density at radius 1 is 1.26 bits per heavy atom. The molecule has 19 heavy (non-hydrogen) atoms. The Kier molecular flexibility index (Phi) is 4.88. The molecule has 0 unspecified atom stereocenters. The van der Waals surface area contributed by atoms with Gasteiger partial charge in [0.2, 0.25) is 0 Å². The molecular formula is C15H18BrNOS. The number of hydrogen-bond donors (Lipinski definition) is 1. The summed E-state index contributed by atoms with van der Waals surface area (Å²) in [7, 11) is 0. The van der Waals surface area contributed by atoms with Crippen molar-refractivity contribution in [3.8, 4) is 5.75 Å². The molecule has 102 valence electrons. The summed E-state index contributed by atoms with van der Waals surface area (Å²) in [5, 5.41) is 3.46. The molecular weight excluding hydrogens is 322 g/mol. The molecule has 0 bridgehead atoms. The molecule has 1 aromatic carbocycles. The highest BCUT2D eigenvalue weighted by Gasteiger charge is 2.03. The first-order chi connectivity index (χ1) is 9.04. The maximum atomic E-state index is 5.68. The Hall–Kier alpha value is -1.000. The zero-order valence-electron chi connectivity index (χ0n) is 11.4. The van der Waals surface area contributed by atoms with Crippen LogP contribution in [0.15, 0.2) is 34.1 Å². The lowest BCUT2D eigenvalue weighted by Gasteiger charge is -2.13. The number of halogens is 1. The molecule has 0 spiro atoms. The Balaban J connectivity index is 2.00. The highest BCUT2D eigenvalue weighted by molar-refractivity contribution is 9.11. The molecule has 0 fully saturated rings. The number of rotatable bonds is 5. The molecule has 0 radical (unpaired) electrons. The summed E-state index contributed by atoms with van der Waals surface area (Å²) in [4.78, 5) is 1.31. The third-order valence-corrected chi connectivity index (χ3v) is 4.28. The SMILES string of the molecule is Cc1cc(OC(C)C)ccc1NCc1ccc(Br)s1. The standard InChI is InChI=1S/C15H18BrNOS/c1-10(2)18-12-4-6-14(11(3)8-12)17-9-13-5-7-15(16)19-13/h4-8,10,17H,9H2,1-3H3. The summed E-state index contributed by atoms with van der Waals surface area (Å²) in [5.41, 5.74) is 2.36. The third-order valence-electron chi connectivity index (χ3n) is 2.65. The fourth-order valence-corrected chi connectivity index (χ4v) is 3.23. The minimum Gasteiger partial charge on any atom is -0.491 e.